The molecule has 26 heavy (non-hydrogen) atoms. The zero-order valence-corrected chi connectivity index (χ0v) is 15.6. The molecule has 1 aliphatic rings. The minimum absolute atomic E-state index is 0.0528. The molecule has 1 heterocycles. The maximum Gasteiger partial charge on any atom is 0.276 e. The van der Waals surface area contributed by atoms with Gasteiger partial charge in [0.1, 0.15) is 0 Å². The molecule has 1 aliphatic heterocycles. The first-order chi connectivity index (χ1) is 12.5. The summed E-state index contributed by atoms with van der Waals surface area (Å²) >= 11 is 6.07. The Hall–Kier alpha value is -1.93. The van der Waals surface area contributed by atoms with Gasteiger partial charge in [-0.25, -0.2) is 13.9 Å². The quantitative estimate of drug-likeness (QED) is 0.764. The van der Waals surface area contributed by atoms with Gasteiger partial charge in [0, 0.05) is 13.1 Å². The van der Waals surface area contributed by atoms with Gasteiger partial charge in [0.2, 0.25) is 10.0 Å². The summed E-state index contributed by atoms with van der Waals surface area (Å²) in [6.07, 6.45) is 1.68. The van der Waals surface area contributed by atoms with E-state index in [9.17, 15) is 13.2 Å². The maximum absolute atomic E-state index is 12.6. The zero-order chi connectivity index (χ0) is 18.6. The second kappa shape index (κ2) is 8.18. The highest BCUT2D eigenvalue weighted by Gasteiger charge is 2.28. The van der Waals surface area contributed by atoms with E-state index in [-0.39, 0.29) is 22.1 Å². The largest absolute Gasteiger partial charge is 0.276 e. The molecule has 0 atom stereocenters. The van der Waals surface area contributed by atoms with Gasteiger partial charge < -0.3 is 0 Å². The second-order valence-electron chi connectivity index (χ2n) is 5.96. The first-order valence-corrected chi connectivity index (χ1v) is 10.1. The molecule has 0 unspecified atom stereocenters. The summed E-state index contributed by atoms with van der Waals surface area (Å²) in [6.45, 7) is 1.18. The van der Waals surface area contributed by atoms with E-state index in [4.69, 9.17) is 16.4 Å². The normalized spacial score (nSPS) is 15.1. The van der Waals surface area contributed by atoms with Crippen LogP contribution in [0.1, 0.15) is 28.8 Å². The van der Waals surface area contributed by atoms with Crippen molar-refractivity contribution in [1.29, 1.82) is 0 Å². The molecule has 138 valence electrons. The predicted octanol–water partition coefficient (Wildman–Crippen LogP) is 2.99. The van der Waals surface area contributed by atoms with E-state index in [1.165, 1.54) is 22.5 Å². The van der Waals surface area contributed by atoms with Crippen LogP contribution in [0, 0.1) is 0 Å². The number of benzene rings is 2. The number of amides is 1. The number of nitrogens with one attached hydrogen (secondary N) is 1. The van der Waals surface area contributed by atoms with Crippen LogP contribution in [-0.2, 0) is 21.5 Å². The maximum atomic E-state index is 12.6. The van der Waals surface area contributed by atoms with Crippen molar-refractivity contribution in [3.05, 3.63) is 64.7 Å². The van der Waals surface area contributed by atoms with Crippen molar-refractivity contribution in [3.63, 3.8) is 0 Å². The van der Waals surface area contributed by atoms with E-state index in [2.05, 4.69) is 5.48 Å². The fourth-order valence-corrected chi connectivity index (χ4v) is 4.48. The molecule has 0 spiro atoms. The number of sulfonamides is 1. The molecule has 0 aromatic heterocycles. The third-order valence-corrected chi connectivity index (χ3v) is 6.36. The summed E-state index contributed by atoms with van der Waals surface area (Å²) in [7, 11) is -3.62. The Balaban J connectivity index is 1.71. The van der Waals surface area contributed by atoms with E-state index < -0.39 is 15.9 Å². The topological polar surface area (TPSA) is 75.7 Å². The van der Waals surface area contributed by atoms with Crippen molar-refractivity contribution >= 4 is 27.5 Å². The van der Waals surface area contributed by atoms with Gasteiger partial charge in [-0.2, -0.15) is 4.31 Å². The first kappa shape index (κ1) is 18.8. The summed E-state index contributed by atoms with van der Waals surface area (Å²) in [4.78, 5) is 17.6. The van der Waals surface area contributed by atoms with E-state index in [0.717, 1.165) is 18.4 Å². The number of nitrogens with zero attached hydrogens (tertiary/aromatic N) is 1. The second-order valence-corrected chi connectivity index (χ2v) is 8.30. The molecule has 0 bridgehead atoms. The summed E-state index contributed by atoms with van der Waals surface area (Å²) in [5.74, 6) is -0.593. The van der Waals surface area contributed by atoms with E-state index >= 15 is 0 Å². The van der Waals surface area contributed by atoms with Crippen LogP contribution in [0.25, 0.3) is 0 Å². The van der Waals surface area contributed by atoms with Crippen molar-refractivity contribution < 1.29 is 18.0 Å². The number of halogens is 1. The number of hydroxylamine groups is 1. The summed E-state index contributed by atoms with van der Waals surface area (Å²) in [6, 6.07) is 13.5. The molecule has 8 heteroatoms. The Kier molecular flexibility index (Phi) is 5.93. The predicted molar refractivity (Wildman–Crippen MR) is 98.1 cm³/mol. The highest BCUT2D eigenvalue weighted by molar-refractivity contribution is 7.89. The van der Waals surface area contributed by atoms with Crippen LogP contribution in [0.15, 0.2) is 53.4 Å². The van der Waals surface area contributed by atoms with Crippen LogP contribution in [0.2, 0.25) is 5.02 Å². The Labute approximate surface area is 157 Å². The molecule has 0 aliphatic carbocycles. The van der Waals surface area contributed by atoms with Gasteiger partial charge in [0.25, 0.3) is 5.91 Å². The molecule has 1 fully saturated rings. The van der Waals surface area contributed by atoms with Crippen molar-refractivity contribution in [2.24, 2.45) is 0 Å². The molecule has 3 rings (SSSR count). The molecular weight excluding hydrogens is 376 g/mol. The van der Waals surface area contributed by atoms with E-state index in [0.29, 0.717) is 13.1 Å². The van der Waals surface area contributed by atoms with Crippen molar-refractivity contribution in [3.8, 4) is 0 Å². The molecule has 1 amide bonds. The number of carbonyl (C=O) groups excluding carboxylic acids is 1. The lowest BCUT2D eigenvalue weighted by Gasteiger charge is -2.16. The standard InChI is InChI=1S/C18H19ClN2O4S/c19-17-9-8-15(26(23,24)21-10-4-5-11-21)12-16(17)18(22)20-25-13-14-6-2-1-3-7-14/h1-3,6-9,12H,4-5,10-11,13H2,(H,20,22). The molecule has 0 saturated carbocycles. The lowest BCUT2D eigenvalue weighted by molar-refractivity contribution is 0.0233. The minimum Gasteiger partial charge on any atom is -0.269 e. The lowest BCUT2D eigenvalue weighted by atomic mass is 10.2. The molecule has 1 saturated heterocycles. The molecule has 2 aromatic carbocycles. The zero-order valence-electron chi connectivity index (χ0n) is 14.0. The molecule has 1 N–H and O–H groups in total. The lowest BCUT2D eigenvalue weighted by Crippen LogP contribution is -2.28. The van der Waals surface area contributed by atoms with Crippen LogP contribution in [0.4, 0.5) is 0 Å². The van der Waals surface area contributed by atoms with Crippen LogP contribution in [0.3, 0.4) is 0 Å². The third kappa shape index (κ3) is 4.24. The number of rotatable bonds is 6. The Bertz CT molecular complexity index is 881. The van der Waals surface area contributed by atoms with Crippen molar-refractivity contribution in [2.45, 2.75) is 24.3 Å². The van der Waals surface area contributed by atoms with Gasteiger partial charge in [0.05, 0.1) is 22.1 Å². The minimum atomic E-state index is -3.62. The van der Waals surface area contributed by atoms with Gasteiger partial charge in [0.15, 0.2) is 0 Å². The monoisotopic (exact) mass is 394 g/mol. The summed E-state index contributed by atoms with van der Waals surface area (Å²) in [5, 5.41) is 0.159. The number of hydrogen-bond donors (Lipinski definition) is 1. The van der Waals surface area contributed by atoms with Gasteiger partial charge in [-0.05, 0) is 36.6 Å². The Morgan fingerprint density at radius 1 is 1.12 bits per heavy atom. The third-order valence-electron chi connectivity index (χ3n) is 4.13. The highest BCUT2D eigenvalue weighted by atomic mass is 35.5. The summed E-state index contributed by atoms with van der Waals surface area (Å²) < 4.78 is 26.7. The van der Waals surface area contributed by atoms with Crippen LogP contribution in [0.5, 0.6) is 0 Å². The van der Waals surface area contributed by atoms with Crippen molar-refractivity contribution in [2.75, 3.05) is 13.1 Å². The van der Waals surface area contributed by atoms with E-state index in [1.807, 2.05) is 30.3 Å². The molecule has 0 radical (unpaired) electrons. The number of hydrogen-bond acceptors (Lipinski definition) is 4. The Morgan fingerprint density at radius 3 is 2.50 bits per heavy atom. The fourth-order valence-electron chi connectivity index (χ4n) is 2.73. The van der Waals surface area contributed by atoms with Crippen molar-refractivity contribution in [1.82, 2.24) is 9.79 Å². The summed E-state index contributed by atoms with van der Waals surface area (Å²) in [5.41, 5.74) is 3.25. The highest BCUT2D eigenvalue weighted by Crippen LogP contribution is 2.25. The van der Waals surface area contributed by atoms with Gasteiger partial charge in [-0.1, -0.05) is 41.9 Å². The van der Waals surface area contributed by atoms with Gasteiger partial charge >= 0.3 is 0 Å². The average Bonchev–Trinajstić information content (AvgIpc) is 3.18. The van der Waals surface area contributed by atoms with E-state index in [1.54, 1.807) is 0 Å². The van der Waals surface area contributed by atoms with Crippen LogP contribution >= 0.6 is 11.6 Å². The Morgan fingerprint density at radius 2 is 1.81 bits per heavy atom. The fraction of sp³-hybridized carbons (Fsp3) is 0.278. The average molecular weight is 395 g/mol. The first-order valence-electron chi connectivity index (χ1n) is 8.24. The van der Waals surface area contributed by atoms with Gasteiger partial charge in [-0.15, -0.1) is 0 Å². The van der Waals surface area contributed by atoms with Crippen LogP contribution < -0.4 is 5.48 Å². The smallest absolute Gasteiger partial charge is 0.269 e. The SMILES string of the molecule is O=C(NOCc1ccccc1)c1cc(S(=O)(=O)N2CCCC2)ccc1Cl. The molecule has 6 nitrogen and oxygen atoms in total. The van der Waals surface area contributed by atoms with Gasteiger partial charge in [-0.3, -0.25) is 9.63 Å². The molecule has 2 aromatic rings. The number of carbonyl (C=O) groups is 1. The van der Waals surface area contributed by atoms with Crippen LogP contribution in [-0.4, -0.2) is 31.7 Å². The molecular formula is C18H19ClN2O4S.